The van der Waals surface area contributed by atoms with E-state index in [2.05, 4.69) is 47.2 Å². The van der Waals surface area contributed by atoms with Crippen molar-refractivity contribution < 1.29 is 9.59 Å². The van der Waals surface area contributed by atoms with Gasteiger partial charge in [0.25, 0.3) is 0 Å². The second kappa shape index (κ2) is 14.1. The van der Waals surface area contributed by atoms with Crippen molar-refractivity contribution in [2.45, 2.75) is 89.1 Å². The van der Waals surface area contributed by atoms with Crippen molar-refractivity contribution in [2.24, 2.45) is 0 Å². The Hall–Kier alpha value is -4.20. The smallest absolute Gasteiger partial charge is 0.319 e. The van der Waals surface area contributed by atoms with Crippen LogP contribution in [0, 0.1) is 0 Å². The van der Waals surface area contributed by atoms with E-state index in [4.69, 9.17) is 0 Å². The molecule has 4 N–H and O–H groups in total. The number of rotatable bonds is 10. The van der Waals surface area contributed by atoms with Gasteiger partial charge in [-0.1, -0.05) is 38.8 Å². The highest BCUT2D eigenvalue weighted by atomic mass is 16.2. The lowest BCUT2D eigenvalue weighted by Crippen LogP contribution is -2.51. The zero-order valence-electron chi connectivity index (χ0n) is 28.6. The van der Waals surface area contributed by atoms with Crippen LogP contribution in [0.4, 0.5) is 32.3 Å². The van der Waals surface area contributed by atoms with Crippen molar-refractivity contribution in [1.82, 2.24) is 10.6 Å². The van der Waals surface area contributed by atoms with Gasteiger partial charge in [-0.05, 0) is 122 Å². The molecular formula is C38H52N6O2. The van der Waals surface area contributed by atoms with Crippen LogP contribution in [0.15, 0.2) is 60.7 Å². The lowest BCUT2D eigenvalue weighted by Gasteiger charge is -2.44. The molecule has 246 valence electrons. The molecule has 0 unspecified atom stereocenters. The van der Waals surface area contributed by atoms with E-state index >= 15 is 0 Å². The van der Waals surface area contributed by atoms with Crippen LogP contribution in [0.2, 0.25) is 0 Å². The first kappa shape index (κ1) is 33.2. The van der Waals surface area contributed by atoms with E-state index in [0.29, 0.717) is 0 Å². The number of benzene rings is 3. The van der Waals surface area contributed by atoms with Gasteiger partial charge >= 0.3 is 12.1 Å². The number of carbonyl (C=O) groups excluding carboxylic acids is 2. The van der Waals surface area contributed by atoms with Gasteiger partial charge in [0.1, 0.15) is 0 Å². The van der Waals surface area contributed by atoms with Crippen LogP contribution in [0.25, 0.3) is 0 Å². The second-order valence-electron chi connectivity index (χ2n) is 13.6. The topological polar surface area (TPSA) is 88.7 Å². The van der Waals surface area contributed by atoms with Gasteiger partial charge in [0, 0.05) is 50.9 Å². The summed E-state index contributed by atoms with van der Waals surface area (Å²) in [6, 6.07) is 20.2. The first-order chi connectivity index (χ1) is 22.1. The van der Waals surface area contributed by atoms with Crippen molar-refractivity contribution in [2.75, 3.05) is 48.6 Å². The number of fused-ring (bicyclic) bond motifs is 2. The van der Waals surface area contributed by atoms with Gasteiger partial charge in [0.15, 0.2) is 0 Å². The molecule has 0 bridgehead atoms. The third kappa shape index (κ3) is 7.11. The van der Waals surface area contributed by atoms with E-state index < -0.39 is 11.1 Å². The quantitative estimate of drug-likeness (QED) is 0.183. The first-order valence-corrected chi connectivity index (χ1v) is 17.0. The third-order valence-corrected chi connectivity index (χ3v) is 9.80. The summed E-state index contributed by atoms with van der Waals surface area (Å²) in [7, 11) is 8.02. The molecule has 46 heavy (non-hydrogen) atoms. The van der Waals surface area contributed by atoms with Crippen LogP contribution >= 0.6 is 0 Å². The first-order valence-electron chi connectivity index (χ1n) is 17.0. The minimum atomic E-state index is -0.431. The lowest BCUT2D eigenvalue weighted by molar-refractivity contribution is 0.218. The summed E-state index contributed by atoms with van der Waals surface area (Å²) in [6.45, 7) is 4.38. The van der Waals surface area contributed by atoms with Gasteiger partial charge in [-0.15, -0.1) is 0 Å². The van der Waals surface area contributed by atoms with Crippen molar-refractivity contribution in [3.8, 4) is 0 Å². The average Bonchev–Trinajstić information content (AvgIpc) is 3.01. The van der Waals surface area contributed by atoms with Crippen LogP contribution in [0.1, 0.15) is 87.5 Å². The SMILES string of the molecule is CCC[C@]1(NC(=O)Nc2ccc(N(C)C)cc2)CCCc2cc3c(cc21)CCC[C@]3(CCC)NC(=O)Nc1ccc(N(C)C)cc1. The lowest BCUT2D eigenvalue weighted by atomic mass is 9.68. The number of aryl methyl sites for hydroxylation is 2. The van der Waals surface area contributed by atoms with Crippen molar-refractivity contribution >= 4 is 34.8 Å². The Morgan fingerprint density at radius 3 is 1.33 bits per heavy atom. The number of urea groups is 2. The van der Waals surface area contributed by atoms with Gasteiger partial charge in [-0.25, -0.2) is 9.59 Å². The fraction of sp³-hybridized carbons (Fsp3) is 0.474. The van der Waals surface area contributed by atoms with E-state index in [-0.39, 0.29) is 12.1 Å². The second-order valence-corrected chi connectivity index (χ2v) is 13.6. The molecular weight excluding hydrogens is 572 g/mol. The fourth-order valence-corrected chi connectivity index (χ4v) is 7.63. The Bertz CT molecular complexity index is 1400. The van der Waals surface area contributed by atoms with E-state index in [9.17, 15) is 9.59 Å². The highest BCUT2D eigenvalue weighted by molar-refractivity contribution is 5.91. The summed E-state index contributed by atoms with van der Waals surface area (Å²) in [6.07, 6.45) is 9.43. The maximum atomic E-state index is 13.5. The molecule has 0 aliphatic heterocycles. The minimum absolute atomic E-state index is 0.172. The molecule has 0 radical (unpaired) electrons. The molecule has 0 heterocycles. The molecule has 8 heteroatoms. The average molecular weight is 625 g/mol. The number of hydrogen-bond acceptors (Lipinski definition) is 4. The minimum Gasteiger partial charge on any atom is -0.378 e. The summed E-state index contributed by atoms with van der Waals surface area (Å²) >= 11 is 0. The summed E-state index contributed by atoms with van der Waals surface area (Å²) in [5.74, 6) is 0. The third-order valence-electron chi connectivity index (χ3n) is 9.80. The molecule has 0 aromatic heterocycles. The largest absolute Gasteiger partial charge is 0.378 e. The predicted octanol–water partition coefficient (Wildman–Crippen LogP) is 8.13. The van der Waals surface area contributed by atoms with Gasteiger partial charge in [-0.3, -0.25) is 0 Å². The van der Waals surface area contributed by atoms with E-state index in [1.165, 1.54) is 22.3 Å². The Morgan fingerprint density at radius 2 is 1.00 bits per heavy atom. The summed E-state index contributed by atoms with van der Waals surface area (Å²) in [5.41, 5.74) is 7.94. The molecule has 5 rings (SSSR count). The molecule has 0 spiro atoms. The van der Waals surface area contributed by atoms with Crippen LogP contribution in [-0.2, 0) is 23.9 Å². The molecule has 2 aliphatic rings. The number of nitrogens with one attached hydrogen (secondary N) is 4. The maximum Gasteiger partial charge on any atom is 0.319 e. The molecule has 2 aliphatic carbocycles. The fourth-order valence-electron chi connectivity index (χ4n) is 7.63. The highest BCUT2D eigenvalue weighted by Gasteiger charge is 2.42. The maximum absolute atomic E-state index is 13.5. The summed E-state index contributed by atoms with van der Waals surface area (Å²) < 4.78 is 0. The zero-order chi connectivity index (χ0) is 32.9. The highest BCUT2D eigenvalue weighted by Crippen LogP contribution is 2.45. The van der Waals surface area contributed by atoms with E-state index in [0.717, 1.165) is 87.0 Å². The molecule has 0 fully saturated rings. The molecule has 4 amide bonds. The Kier molecular flexibility index (Phi) is 10.1. The van der Waals surface area contributed by atoms with Crippen LogP contribution < -0.4 is 31.1 Å². The number of hydrogen-bond donors (Lipinski definition) is 4. The van der Waals surface area contributed by atoms with Crippen LogP contribution in [0.3, 0.4) is 0 Å². The van der Waals surface area contributed by atoms with Gasteiger partial charge in [0.2, 0.25) is 0 Å². The molecule has 0 saturated heterocycles. The number of anilines is 4. The van der Waals surface area contributed by atoms with Crippen LogP contribution in [-0.4, -0.2) is 40.3 Å². The molecule has 3 aromatic carbocycles. The van der Waals surface area contributed by atoms with E-state index in [1.807, 2.05) is 86.5 Å². The Balaban J connectivity index is 1.41. The number of amides is 4. The predicted molar refractivity (Wildman–Crippen MR) is 191 cm³/mol. The monoisotopic (exact) mass is 624 g/mol. The standard InChI is InChI=1S/C38H52N6O2/c1-7-21-37(41-35(45)39-29-13-17-31(18-14-29)43(3)4)23-9-11-27-26-34-28(25-33(27)37)12-10-24-38(34,22-8-2)42-36(46)40-30-15-19-32(20-16-30)44(5)6/h13-20,25-26H,7-12,21-24H2,1-6H3,(H2,39,41,45)(H2,40,42,46)/t37-,38-/m0/s1. The Morgan fingerprint density at radius 1 is 0.630 bits per heavy atom. The molecule has 2 atom stereocenters. The summed E-state index contributed by atoms with van der Waals surface area (Å²) in [5, 5.41) is 13.1. The molecule has 3 aromatic rings. The van der Waals surface area contributed by atoms with Gasteiger partial charge in [0.05, 0.1) is 11.1 Å². The summed E-state index contributed by atoms with van der Waals surface area (Å²) in [4.78, 5) is 31.1. The molecule has 8 nitrogen and oxygen atoms in total. The van der Waals surface area contributed by atoms with Crippen LogP contribution in [0.5, 0.6) is 0 Å². The van der Waals surface area contributed by atoms with Crippen molar-refractivity contribution in [3.63, 3.8) is 0 Å². The van der Waals surface area contributed by atoms with Gasteiger partial charge in [-0.2, -0.15) is 0 Å². The van der Waals surface area contributed by atoms with Crippen molar-refractivity contribution in [1.29, 1.82) is 0 Å². The van der Waals surface area contributed by atoms with Crippen molar-refractivity contribution in [3.05, 3.63) is 82.9 Å². The van der Waals surface area contributed by atoms with E-state index in [1.54, 1.807) is 0 Å². The molecule has 0 saturated carbocycles. The normalized spacial score (nSPS) is 20.1. The Labute approximate surface area is 275 Å². The zero-order valence-corrected chi connectivity index (χ0v) is 28.6. The number of nitrogens with zero attached hydrogens (tertiary/aromatic N) is 2. The van der Waals surface area contributed by atoms with Gasteiger partial charge < -0.3 is 31.1 Å². The number of carbonyl (C=O) groups is 2.